The first kappa shape index (κ1) is 25.3. The molecule has 40 heavy (non-hydrogen) atoms. The molecule has 1 unspecified atom stereocenters. The van der Waals surface area contributed by atoms with Crippen LogP contribution in [-0.2, 0) is 4.84 Å². The summed E-state index contributed by atoms with van der Waals surface area (Å²) in [5, 5.41) is 16.5. The standard InChI is InChI=1S/C34H34N2O4/c1-3-34(39)18-16-28-24-13-11-20-19-21(12-14-22(20)23(24)15-17-33(28,34)2)36-40-32(38)27-9-6-8-26-30(27)35-29-10-5-4-7-25(29)31(26)37/h1,4-10,19,22-24,28,39H,11-18H2,2H3,(H,35,37)/b36-21-/t22-,23+,24+,28-,33-,34?/m0/s1. The van der Waals surface area contributed by atoms with Gasteiger partial charge in [-0.05, 0) is 105 Å². The maximum atomic E-state index is 13.1. The first-order valence-corrected chi connectivity index (χ1v) is 14.6. The lowest BCUT2D eigenvalue weighted by atomic mass is 9.50. The zero-order valence-electron chi connectivity index (χ0n) is 22.8. The predicted molar refractivity (Wildman–Crippen MR) is 156 cm³/mol. The molecule has 0 amide bonds. The summed E-state index contributed by atoms with van der Waals surface area (Å²) in [4.78, 5) is 34.8. The van der Waals surface area contributed by atoms with Gasteiger partial charge in [-0.2, -0.15) is 0 Å². The van der Waals surface area contributed by atoms with Crippen LogP contribution in [0.5, 0.6) is 0 Å². The molecule has 2 N–H and O–H groups in total. The van der Waals surface area contributed by atoms with Crippen LogP contribution < -0.4 is 5.43 Å². The molecule has 6 heteroatoms. The molecule has 0 saturated heterocycles. The number of oxime groups is 1. The molecule has 1 heterocycles. The number of aromatic amines is 1. The Hall–Kier alpha value is -3.69. The molecule has 3 aromatic rings. The maximum absolute atomic E-state index is 13.1. The number of hydrogen-bond acceptors (Lipinski definition) is 5. The highest BCUT2D eigenvalue weighted by Crippen LogP contribution is 2.64. The molecule has 0 spiro atoms. The van der Waals surface area contributed by atoms with E-state index < -0.39 is 11.6 Å². The Morgan fingerprint density at radius 3 is 2.73 bits per heavy atom. The van der Waals surface area contributed by atoms with Crippen molar-refractivity contribution in [3.05, 3.63) is 69.9 Å². The number of hydrogen-bond donors (Lipinski definition) is 2. The molecule has 4 aliphatic rings. The van der Waals surface area contributed by atoms with Crippen LogP contribution in [-0.4, -0.2) is 27.4 Å². The average Bonchev–Trinajstić information content (AvgIpc) is 3.26. The molecule has 6 nitrogen and oxygen atoms in total. The van der Waals surface area contributed by atoms with Gasteiger partial charge >= 0.3 is 5.97 Å². The Morgan fingerprint density at radius 1 is 1.05 bits per heavy atom. The van der Waals surface area contributed by atoms with Crippen LogP contribution in [0, 0.1) is 41.4 Å². The predicted octanol–water partition coefficient (Wildman–Crippen LogP) is 6.13. The number of carbonyl (C=O) groups excluding carboxylic acids is 1. The van der Waals surface area contributed by atoms with E-state index in [0.29, 0.717) is 57.5 Å². The van der Waals surface area contributed by atoms with Crippen LogP contribution in [0.25, 0.3) is 21.8 Å². The molecule has 3 fully saturated rings. The normalized spacial score (nSPS) is 34.0. The summed E-state index contributed by atoms with van der Waals surface area (Å²) in [6.07, 6.45) is 15.7. The fourth-order valence-corrected chi connectivity index (χ4v) is 8.78. The Balaban J connectivity index is 1.11. The zero-order chi connectivity index (χ0) is 27.6. The molecule has 0 aliphatic heterocycles. The molecule has 1 aromatic heterocycles. The molecular weight excluding hydrogens is 500 g/mol. The lowest BCUT2D eigenvalue weighted by molar-refractivity contribution is -0.0852. The number of aliphatic hydroxyl groups is 1. The van der Waals surface area contributed by atoms with Crippen LogP contribution in [0.3, 0.4) is 0 Å². The summed E-state index contributed by atoms with van der Waals surface area (Å²) in [7, 11) is 0. The summed E-state index contributed by atoms with van der Waals surface area (Å²) < 4.78 is 0. The molecule has 0 radical (unpaired) electrons. The van der Waals surface area contributed by atoms with E-state index in [1.54, 1.807) is 24.3 Å². The molecule has 6 atom stereocenters. The number of nitrogens with zero attached hydrogens (tertiary/aromatic N) is 1. The smallest absolute Gasteiger partial charge is 0.367 e. The number of rotatable bonds is 2. The Labute approximate surface area is 233 Å². The van der Waals surface area contributed by atoms with E-state index in [1.807, 2.05) is 18.2 Å². The summed E-state index contributed by atoms with van der Waals surface area (Å²) in [5.41, 5.74) is 2.36. The van der Waals surface area contributed by atoms with Gasteiger partial charge in [-0.25, -0.2) is 4.79 Å². The number of para-hydroxylation sites is 2. The highest BCUT2D eigenvalue weighted by Gasteiger charge is 2.61. The molecular formula is C34H34N2O4. The van der Waals surface area contributed by atoms with Crippen molar-refractivity contribution in [1.82, 2.24) is 4.98 Å². The Morgan fingerprint density at radius 2 is 1.88 bits per heavy atom. The third kappa shape index (κ3) is 3.64. The molecule has 2 aromatic carbocycles. The van der Waals surface area contributed by atoms with Crippen molar-refractivity contribution < 1.29 is 14.7 Å². The van der Waals surface area contributed by atoms with Crippen LogP contribution in [0.1, 0.15) is 68.6 Å². The van der Waals surface area contributed by atoms with Crippen molar-refractivity contribution in [3.63, 3.8) is 0 Å². The van der Waals surface area contributed by atoms with E-state index in [1.165, 1.54) is 5.57 Å². The second-order valence-corrected chi connectivity index (χ2v) is 12.5. The van der Waals surface area contributed by atoms with E-state index in [4.69, 9.17) is 11.3 Å². The molecule has 204 valence electrons. The van der Waals surface area contributed by atoms with Crippen LogP contribution in [0.2, 0.25) is 0 Å². The minimum Gasteiger partial charge on any atom is -0.377 e. The number of fused-ring (bicyclic) bond motifs is 7. The number of aromatic nitrogens is 1. The number of H-pyrrole nitrogens is 1. The van der Waals surface area contributed by atoms with Crippen LogP contribution in [0.15, 0.2) is 64.1 Å². The van der Waals surface area contributed by atoms with Crippen molar-refractivity contribution in [3.8, 4) is 12.3 Å². The lowest BCUT2D eigenvalue weighted by Gasteiger charge is -2.54. The van der Waals surface area contributed by atoms with E-state index in [-0.39, 0.29) is 10.8 Å². The van der Waals surface area contributed by atoms with E-state index in [2.05, 4.69) is 29.1 Å². The lowest BCUT2D eigenvalue weighted by Crippen LogP contribution is -2.52. The van der Waals surface area contributed by atoms with Gasteiger partial charge in [0.2, 0.25) is 0 Å². The van der Waals surface area contributed by atoms with Gasteiger partial charge in [0.15, 0.2) is 5.43 Å². The van der Waals surface area contributed by atoms with Crippen molar-refractivity contribution in [2.45, 2.75) is 63.9 Å². The third-order valence-corrected chi connectivity index (χ3v) is 10.9. The molecule has 0 bridgehead atoms. The maximum Gasteiger partial charge on any atom is 0.367 e. The van der Waals surface area contributed by atoms with Gasteiger partial charge < -0.3 is 14.9 Å². The zero-order valence-corrected chi connectivity index (χ0v) is 22.8. The quantitative estimate of drug-likeness (QED) is 0.179. The first-order valence-electron chi connectivity index (χ1n) is 14.6. The Kier molecular flexibility index (Phi) is 5.80. The van der Waals surface area contributed by atoms with Gasteiger partial charge in [0.05, 0.1) is 16.8 Å². The van der Waals surface area contributed by atoms with E-state index in [0.717, 1.165) is 50.7 Å². The fourth-order valence-electron chi connectivity index (χ4n) is 8.78. The summed E-state index contributed by atoms with van der Waals surface area (Å²) >= 11 is 0. The summed E-state index contributed by atoms with van der Waals surface area (Å²) in [5.74, 6) is 4.40. The number of allylic oxidation sites excluding steroid dienone is 2. The fraction of sp³-hybridized carbons (Fsp3) is 0.441. The van der Waals surface area contributed by atoms with Gasteiger partial charge in [0.25, 0.3) is 0 Å². The number of benzene rings is 2. The largest absolute Gasteiger partial charge is 0.377 e. The van der Waals surface area contributed by atoms with Crippen molar-refractivity contribution >= 4 is 33.5 Å². The SMILES string of the molecule is C#CC1(O)CC[C@H]2[C@@H]3CCC4=C/C(=N\OC(=O)c5cccc6c(=O)c7ccccc7[nH]c56)CC[C@@H]4[C@H]3CC[C@@]21C. The van der Waals surface area contributed by atoms with Crippen LogP contribution in [0.4, 0.5) is 0 Å². The van der Waals surface area contributed by atoms with Gasteiger partial charge in [-0.15, -0.1) is 6.42 Å². The number of terminal acetylenes is 1. The Bertz CT molecular complexity index is 1710. The molecule has 7 rings (SSSR count). The average molecular weight is 535 g/mol. The van der Waals surface area contributed by atoms with Gasteiger partial charge in [-0.1, -0.05) is 41.8 Å². The molecule has 3 saturated carbocycles. The summed E-state index contributed by atoms with van der Waals surface area (Å²) in [6, 6.07) is 12.4. The highest BCUT2D eigenvalue weighted by atomic mass is 16.7. The highest BCUT2D eigenvalue weighted by molar-refractivity contribution is 6.06. The van der Waals surface area contributed by atoms with E-state index >= 15 is 0 Å². The van der Waals surface area contributed by atoms with Crippen molar-refractivity contribution in [1.29, 1.82) is 0 Å². The van der Waals surface area contributed by atoms with Crippen molar-refractivity contribution in [2.24, 2.45) is 34.2 Å². The third-order valence-electron chi connectivity index (χ3n) is 10.9. The van der Waals surface area contributed by atoms with Crippen molar-refractivity contribution in [2.75, 3.05) is 0 Å². The van der Waals surface area contributed by atoms with E-state index in [9.17, 15) is 14.7 Å². The minimum absolute atomic E-state index is 0.117. The number of carbonyl (C=O) groups is 1. The second-order valence-electron chi connectivity index (χ2n) is 12.5. The van der Waals surface area contributed by atoms with Gasteiger partial charge in [-0.3, -0.25) is 4.79 Å². The summed E-state index contributed by atoms with van der Waals surface area (Å²) in [6.45, 7) is 2.22. The minimum atomic E-state index is -0.973. The van der Waals surface area contributed by atoms with Gasteiger partial charge in [0, 0.05) is 21.7 Å². The monoisotopic (exact) mass is 534 g/mol. The second kappa shape index (κ2) is 9.17. The molecule has 4 aliphatic carbocycles. The number of pyridine rings is 1. The first-order chi connectivity index (χ1) is 19.3. The number of nitrogens with one attached hydrogen (secondary N) is 1. The topological polar surface area (TPSA) is 91.8 Å². The van der Waals surface area contributed by atoms with Gasteiger partial charge in [0.1, 0.15) is 5.60 Å². The van der Waals surface area contributed by atoms with Crippen LogP contribution >= 0.6 is 0 Å².